The van der Waals surface area contributed by atoms with Gasteiger partial charge in [-0.2, -0.15) is 0 Å². The number of ether oxygens (including phenoxy) is 1. The van der Waals surface area contributed by atoms with Crippen LogP contribution in [0.3, 0.4) is 0 Å². The monoisotopic (exact) mass is 601 g/mol. The number of likely N-dealkylation sites (tertiary alicyclic amines) is 1. The summed E-state index contributed by atoms with van der Waals surface area (Å²) in [5, 5.41) is 0.0589. The third-order valence-corrected chi connectivity index (χ3v) is 12.8. The molecule has 38 heavy (non-hydrogen) atoms. The van der Waals surface area contributed by atoms with Gasteiger partial charge in [-0.15, -0.1) is 0 Å². The van der Waals surface area contributed by atoms with E-state index in [1.165, 1.54) is 4.90 Å². The average Bonchev–Trinajstić information content (AvgIpc) is 3.12. The first kappa shape index (κ1) is 28.3. The molecule has 2 aromatic carbocycles. The Hall–Kier alpha value is -2.69. The van der Waals surface area contributed by atoms with E-state index in [-0.39, 0.29) is 41.9 Å². The number of hydrogen-bond acceptors (Lipinski definition) is 5. The second kappa shape index (κ2) is 10.8. The van der Waals surface area contributed by atoms with Gasteiger partial charge in [0.05, 0.1) is 31.3 Å². The minimum absolute atomic E-state index is 0.0589. The number of carbonyl (C=O) groups excluding carboxylic acids is 2. The number of rotatable bonds is 8. The maximum absolute atomic E-state index is 13.8. The highest BCUT2D eigenvalue weighted by Gasteiger charge is 2.39. The van der Waals surface area contributed by atoms with Crippen LogP contribution in [-0.4, -0.2) is 47.9 Å². The first-order chi connectivity index (χ1) is 17.8. The Balaban J connectivity index is 1.65. The van der Waals surface area contributed by atoms with Crippen LogP contribution in [-0.2, 0) is 27.1 Å². The molecule has 8 nitrogen and oxygen atoms in total. The van der Waals surface area contributed by atoms with E-state index in [1.807, 2.05) is 30.3 Å². The van der Waals surface area contributed by atoms with Crippen molar-refractivity contribution in [3.8, 4) is 5.75 Å². The van der Waals surface area contributed by atoms with E-state index < -0.39 is 14.4 Å². The van der Waals surface area contributed by atoms with Gasteiger partial charge in [0.2, 0.25) is 5.91 Å². The average molecular weight is 603 g/mol. The molecule has 0 aliphatic carbocycles. The van der Waals surface area contributed by atoms with Gasteiger partial charge in [0.25, 0.3) is 5.91 Å². The summed E-state index contributed by atoms with van der Waals surface area (Å²) in [4.78, 5) is 41.5. The molecule has 2 heterocycles. The maximum Gasteiger partial charge on any atom is 0.329 e. The highest BCUT2D eigenvalue weighted by atomic mass is 79.9. The molecular weight excluding hydrogens is 566 g/mol. The lowest BCUT2D eigenvalue weighted by Gasteiger charge is -2.36. The number of methoxy groups -OCH3 is 1. The van der Waals surface area contributed by atoms with Gasteiger partial charge in [-0.3, -0.25) is 23.6 Å². The van der Waals surface area contributed by atoms with Crippen LogP contribution < -0.4 is 10.4 Å². The van der Waals surface area contributed by atoms with Crippen molar-refractivity contribution >= 4 is 47.1 Å². The fourth-order valence-corrected chi connectivity index (χ4v) is 5.90. The van der Waals surface area contributed by atoms with Gasteiger partial charge in [-0.05, 0) is 60.4 Å². The second-order valence-electron chi connectivity index (χ2n) is 11.3. The zero-order valence-electron chi connectivity index (χ0n) is 22.9. The molecule has 1 aliphatic heterocycles. The molecule has 1 fully saturated rings. The summed E-state index contributed by atoms with van der Waals surface area (Å²) in [6.07, 6.45) is 0.475. The maximum atomic E-state index is 13.8. The third kappa shape index (κ3) is 5.53. The van der Waals surface area contributed by atoms with Gasteiger partial charge in [0.1, 0.15) is 11.8 Å². The number of imide groups is 1. The standard InChI is InChI=1S/C28H36BrN3O5Si/c1-28(2,3)38(5,6)37-16-15-30-24-17-20(29)9-12-22(24)32(27(30)35)23-13-14-25(33)31(26(23)34)18-19-7-10-21(36-4)11-8-19/h7-12,17,23H,13-16,18H2,1-6H3. The smallest absolute Gasteiger partial charge is 0.329 e. The number of aromatic nitrogens is 2. The summed E-state index contributed by atoms with van der Waals surface area (Å²) in [6.45, 7) is 11.8. The minimum Gasteiger partial charge on any atom is -0.497 e. The summed E-state index contributed by atoms with van der Waals surface area (Å²) in [7, 11) is -0.402. The van der Waals surface area contributed by atoms with Crippen LogP contribution >= 0.6 is 15.9 Å². The fraction of sp³-hybridized carbons (Fsp3) is 0.464. The largest absolute Gasteiger partial charge is 0.497 e. The molecule has 0 saturated carbocycles. The normalized spacial score (nSPS) is 16.9. The Bertz CT molecular complexity index is 1400. The Labute approximate surface area is 232 Å². The SMILES string of the molecule is COc1ccc(CN2C(=O)CCC(n3c(=O)n(CCO[Si](C)(C)C(C)(C)C)c4cc(Br)ccc43)C2=O)cc1. The van der Waals surface area contributed by atoms with Crippen molar-refractivity contribution in [3.05, 3.63) is 63.0 Å². The highest BCUT2D eigenvalue weighted by Crippen LogP contribution is 2.36. The lowest BCUT2D eigenvalue weighted by molar-refractivity contribution is -0.151. The third-order valence-electron chi connectivity index (χ3n) is 7.80. The van der Waals surface area contributed by atoms with E-state index in [9.17, 15) is 14.4 Å². The first-order valence-electron chi connectivity index (χ1n) is 12.9. The predicted molar refractivity (Wildman–Crippen MR) is 154 cm³/mol. The number of nitrogens with zero attached hydrogens (tertiary/aromatic N) is 3. The van der Waals surface area contributed by atoms with Gasteiger partial charge >= 0.3 is 5.69 Å². The van der Waals surface area contributed by atoms with Gasteiger partial charge in [-0.1, -0.05) is 48.8 Å². The quantitative estimate of drug-likeness (QED) is 0.252. The Kier molecular flexibility index (Phi) is 8.06. The van der Waals surface area contributed by atoms with E-state index in [0.29, 0.717) is 24.4 Å². The number of hydrogen-bond donors (Lipinski definition) is 0. The molecule has 1 unspecified atom stereocenters. The van der Waals surface area contributed by atoms with Crippen molar-refractivity contribution in [3.63, 3.8) is 0 Å². The van der Waals surface area contributed by atoms with Gasteiger partial charge < -0.3 is 9.16 Å². The molecular formula is C28H36BrN3O5Si. The lowest BCUT2D eigenvalue weighted by atomic mass is 10.0. The Morgan fingerprint density at radius 2 is 1.71 bits per heavy atom. The summed E-state index contributed by atoms with van der Waals surface area (Å²) < 4.78 is 15.6. The van der Waals surface area contributed by atoms with Crippen LogP contribution in [0.5, 0.6) is 5.75 Å². The van der Waals surface area contributed by atoms with Crippen LogP contribution in [0.4, 0.5) is 0 Å². The molecule has 1 aliphatic rings. The van der Waals surface area contributed by atoms with Crippen LogP contribution in [0, 0.1) is 0 Å². The number of amides is 2. The van der Waals surface area contributed by atoms with E-state index in [1.54, 1.807) is 28.4 Å². The molecule has 204 valence electrons. The number of piperidine rings is 1. The van der Waals surface area contributed by atoms with E-state index in [4.69, 9.17) is 9.16 Å². The number of benzene rings is 2. The molecule has 10 heteroatoms. The summed E-state index contributed by atoms with van der Waals surface area (Å²) >= 11 is 3.52. The second-order valence-corrected chi connectivity index (χ2v) is 17.0. The molecule has 1 aromatic heterocycles. The zero-order valence-corrected chi connectivity index (χ0v) is 25.5. The number of fused-ring (bicyclic) bond motifs is 1. The summed E-state index contributed by atoms with van der Waals surface area (Å²) in [5.41, 5.74) is 1.95. The van der Waals surface area contributed by atoms with Gasteiger partial charge in [0.15, 0.2) is 8.32 Å². The predicted octanol–water partition coefficient (Wildman–Crippen LogP) is 5.49. The van der Waals surface area contributed by atoms with Crippen molar-refractivity contribution in [2.24, 2.45) is 0 Å². The molecule has 0 spiro atoms. The molecule has 0 radical (unpaired) electrons. The topological polar surface area (TPSA) is 82.8 Å². The Morgan fingerprint density at radius 1 is 1.03 bits per heavy atom. The van der Waals surface area contributed by atoms with Gasteiger partial charge in [0, 0.05) is 17.4 Å². The van der Waals surface area contributed by atoms with Crippen LogP contribution in [0.2, 0.25) is 18.1 Å². The molecule has 4 rings (SSSR count). The summed E-state index contributed by atoms with van der Waals surface area (Å²) in [5.74, 6) is 0.106. The number of carbonyl (C=O) groups is 2. The van der Waals surface area contributed by atoms with Crippen LogP contribution in [0.25, 0.3) is 11.0 Å². The van der Waals surface area contributed by atoms with E-state index in [2.05, 4.69) is 49.8 Å². The van der Waals surface area contributed by atoms with Crippen molar-refractivity contribution in [2.75, 3.05) is 13.7 Å². The van der Waals surface area contributed by atoms with E-state index >= 15 is 0 Å². The van der Waals surface area contributed by atoms with Gasteiger partial charge in [-0.25, -0.2) is 4.79 Å². The molecule has 0 N–H and O–H groups in total. The fourth-order valence-electron chi connectivity index (χ4n) is 4.52. The number of halogens is 1. The molecule has 3 aromatic rings. The lowest BCUT2D eigenvalue weighted by Crippen LogP contribution is -2.47. The van der Waals surface area contributed by atoms with Crippen molar-refractivity contribution in [2.45, 2.75) is 70.9 Å². The molecule has 2 amide bonds. The Morgan fingerprint density at radius 3 is 2.34 bits per heavy atom. The zero-order chi connectivity index (χ0) is 27.8. The molecule has 1 atom stereocenters. The minimum atomic E-state index is -1.99. The number of imidazole rings is 1. The first-order valence-corrected chi connectivity index (χ1v) is 16.6. The van der Waals surface area contributed by atoms with Crippen molar-refractivity contribution in [1.29, 1.82) is 0 Å². The van der Waals surface area contributed by atoms with Crippen LogP contribution in [0.15, 0.2) is 51.7 Å². The van der Waals surface area contributed by atoms with Crippen molar-refractivity contribution in [1.82, 2.24) is 14.0 Å². The van der Waals surface area contributed by atoms with Crippen LogP contribution in [0.1, 0.15) is 45.2 Å². The highest BCUT2D eigenvalue weighted by molar-refractivity contribution is 9.10. The summed E-state index contributed by atoms with van der Waals surface area (Å²) in [6, 6.07) is 12.1. The molecule has 0 bridgehead atoms. The van der Waals surface area contributed by atoms with E-state index in [0.717, 1.165) is 15.6 Å². The van der Waals surface area contributed by atoms with Crippen molar-refractivity contribution < 1.29 is 18.8 Å². The molecule has 1 saturated heterocycles.